The zero-order valence-corrected chi connectivity index (χ0v) is 14.2. The molecule has 24 heavy (non-hydrogen) atoms. The topological polar surface area (TPSA) is 75.9 Å². The highest BCUT2D eigenvalue weighted by Gasteiger charge is 2.22. The molecule has 0 aliphatic carbocycles. The van der Waals surface area contributed by atoms with Crippen LogP contribution in [0.2, 0.25) is 0 Å². The Morgan fingerprint density at radius 1 is 1.33 bits per heavy atom. The van der Waals surface area contributed by atoms with Crippen LogP contribution in [0.1, 0.15) is 28.3 Å². The summed E-state index contributed by atoms with van der Waals surface area (Å²) in [5, 5.41) is 10.1. The third-order valence-corrected chi connectivity index (χ3v) is 5.06. The molecule has 124 valence electrons. The van der Waals surface area contributed by atoms with Gasteiger partial charge in [0.1, 0.15) is 5.82 Å². The van der Waals surface area contributed by atoms with Crippen molar-refractivity contribution in [2.75, 3.05) is 18.0 Å². The number of carbonyl (C=O) groups is 1. The Kier molecular flexibility index (Phi) is 3.89. The first kappa shape index (κ1) is 15.1. The second kappa shape index (κ2) is 6.20. The lowest BCUT2D eigenvalue weighted by Gasteiger charge is -2.17. The van der Waals surface area contributed by atoms with Gasteiger partial charge in [0.05, 0.1) is 18.1 Å². The average Bonchev–Trinajstić information content (AvgIpc) is 3.34. The zero-order valence-electron chi connectivity index (χ0n) is 13.4. The van der Waals surface area contributed by atoms with E-state index in [1.807, 2.05) is 24.6 Å². The molecule has 0 spiro atoms. The fourth-order valence-electron chi connectivity index (χ4n) is 2.94. The summed E-state index contributed by atoms with van der Waals surface area (Å²) in [5.74, 6) is 0.753. The quantitative estimate of drug-likeness (QED) is 0.784. The monoisotopic (exact) mass is 342 g/mol. The summed E-state index contributed by atoms with van der Waals surface area (Å²) in [6, 6.07) is 3.96. The summed E-state index contributed by atoms with van der Waals surface area (Å²) in [5.41, 5.74) is 0.688. The maximum atomic E-state index is 12.5. The highest BCUT2D eigenvalue weighted by molar-refractivity contribution is 7.09. The van der Waals surface area contributed by atoms with Crippen molar-refractivity contribution >= 4 is 34.1 Å². The van der Waals surface area contributed by atoms with Crippen molar-refractivity contribution in [2.45, 2.75) is 19.4 Å². The second-order valence-corrected chi connectivity index (χ2v) is 6.86. The summed E-state index contributed by atoms with van der Waals surface area (Å²) >= 11 is 1.61. The van der Waals surface area contributed by atoms with Gasteiger partial charge in [-0.1, -0.05) is 6.07 Å². The highest BCUT2D eigenvalue weighted by Crippen LogP contribution is 2.26. The summed E-state index contributed by atoms with van der Waals surface area (Å²) < 4.78 is 1.69. The molecule has 1 saturated heterocycles. The van der Waals surface area contributed by atoms with Gasteiger partial charge in [-0.25, -0.2) is 9.97 Å². The lowest BCUT2D eigenvalue weighted by atomic mass is 10.3. The molecule has 1 aliphatic rings. The SMILES string of the molecule is Cn1ncc2c(N3CCCC3)nc(C(=O)NCc3cccs3)nc21. The Balaban J connectivity index is 1.66. The number of amides is 1. The summed E-state index contributed by atoms with van der Waals surface area (Å²) in [4.78, 5) is 24.8. The molecule has 7 nitrogen and oxygen atoms in total. The van der Waals surface area contributed by atoms with Gasteiger partial charge in [0, 0.05) is 25.0 Å². The largest absolute Gasteiger partial charge is 0.356 e. The molecule has 4 rings (SSSR count). The maximum absolute atomic E-state index is 12.5. The van der Waals surface area contributed by atoms with Crippen molar-refractivity contribution in [1.29, 1.82) is 0 Å². The standard InChI is InChI=1S/C16H18N6OS/c1-21-14-12(10-18-21)15(22-6-2-3-7-22)20-13(19-14)16(23)17-9-11-5-4-8-24-11/h4-5,8,10H,2-3,6-7,9H2,1H3,(H,17,23). The van der Waals surface area contributed by atoms with Crippen LogP contribution in [0.25, 0.3) is 11.0 Å². The Morgan fingerprint density at radius 2 is 2.17 bits per heavy atom. The molecular weight excluding hydrogens is 324 g/mol. The first-order valence-electron chi connectivity index (χ1n) is 7.97. The van der Waals surface area contributed by atoms with E-state index in [1.165, 1.54) is 0 Å². The normalized spacial score (nSPS) is 14.5. The number of nitrogens with one attached hydrogen (secondary N) is 1. The molecule has 0 radical (unpaired) electrons. The van der Waals surface area contributed by atoms with Crippen LogP contribution < -0.4 is 10.2 Å². The number of nitrogens with zero attached hydrogens (tertiary/aromatic N) is 5. The Bertz CT molecular complexity index is 866. The molecular formula is C16H18N6OS. The number of aromatic nitrogens is 4. The highest BCUT2D eigenvalue weighted by atomic mass is 32.1. The molecule has 8 heteroatoms. The Labute approximate surface area is 143 Å². The number of anilines is 1. The number of hydrogen-bond donors (Lipinski definition) is 1. The van der Waals surface area contributed by atoms with E-state index in [0.29, 0.717) is 12.2 Å². The molecule has 1 amide bonds. The third kappa shape index (κ3) is 2.73. The predicted molar refractivity (Wildman–Crippen MR) is 93.2 cm³/mol. The molecule has 0 atom stereocenters. The van der Waals surface area contributed by atoms with Gasteiger partial charge in [0.15, 0.2) is 5.65 Å². The van der Waals surface area contributed by atoms with E-state index in [4.69, 9.17) is 0 Å². The fourth-order valence-corrected chi connectivity index (χ4v) is 3.58. The molecule has 1 aliphatic heterocycles. The number of thiophene rings is 1. The van der Waals surface area contributed by atoms with Crippen LogP contribution in [0.4, 0.5) is 5.82 Å². The molecule has 0 saturated carbocycles. The Hall–Kier alpha value is -2.48. The fraction of sp³-hybridized carbons (Fsp3) is 0.375. The molecule has 0 bridgehead atoms. The minimum Gasteiger partial charge on any atom is -0.356 e. The summed E-state index contributed by atoms with van der Waals surface area (Å²) in [7, 11) is 1.83. The van der Waals surface area contributed by atoms with Crippen molar-refractivity contribution in [2.24, 2.45) is 7.05 Å². The molecule has 1 N–H and O–H groups in total. The van der Waals surface area contributed by atoms with Gasteiger partial charge in [-0.3, -0.25) is 9.48 Å². The van der Waals surface area contributed by atoms with Crippen molar-refractivity contribution in [3.05, 3.63) is 34.4 Å². The van der Waals surface area contributed by atoms with Crippen LogP contribution in [0.5, 0.6) is 0 Å². The number of hydrogen-bond acceptors (Lipinski definition) is 6. The van der Waals surface area contributed by atoms with Crippen LogP contribution >= 0.6 is 11.3 Å². The van der Waals surface area contributed by atoms with E-state index < -0.39 is 0 Å². The lowest BCUT2D eigenvalue weighted by Crippen LogP contribution is -2.27. The van der Waals surface area contributed by atoms with Crippen molar-refractivity contribution in [3.63, 3.8) is 0 Å². The minimum absolute atomic E-state index is 0.199. The molecule has 3 aromatic rings. The van der Waals surface area contributed by atoms with E-state index in [2.05, 4.69) is 25.3 Å². The number of carbonyl (C=O) groups excluding carboxylic acids is 1. The number of aryl methyl sites for hydroxylation is 1. The van der Waals surface area contributed by atoms with Gasteiger partial charge < -0.3 is 10.2 Å². The van der Waals surface area contributed by atoms with E-state index in [-0.39, 0.29) is 11.7 Å². The molecule has 0 unspecified atom stereocenters. The number of rotatable bonds is 4. The molecule has 0 aromatic carbocycles. The predicted octanol–water partition coefficient (Wildman–Crippen LogP) is 1.95. The van der Waals surface area contributed by atoms with Gasteiger partial charge >= 0.3 is 0 Å². The van der Waals surface area contributed by atoms with Gasteiger partial charge in [-0.05, 0) is 24.3 Å². The van der Waals surface area contributed by atoms with E-state index in [0.717, 1.165) is 42.0 Å². The smallest absolute Gasteiger partial charge is 0.289 e. The van der Waals surface area contributed by atoms with E-state index in [9.17, 15) is 4.79 Å². The summed E-state index contributed by atoms with van der Waals surface area (Å²) in [6.45, 7) is 2.40. The number of fused-ring (bicyclic) bond motifs is 1. The average molecular weight is 342 g/mol. The zero-order chi connectivity index (χ0) is 16.5. The van der Waals surface area contributed by atoms with Crippen LogP contribution in [-0.4, -0.2) is 38.7 Å². The first-order valence-corrected chi connectivity index (χ1v) is 8.85. The van der Waals surface area contributed by atoms with Crippen molar-refractivity contribution in [1.82, 2.24) is 25.1 Å². The van der Waals surface area contributed by atoms with Gasteiger partial charge in [0.2, 0.25) is 5.82 Å². The summed E-state index contributed by atoms with van der Waals surface area (Å²) in [6.07, 6.45) is 4.06. The first-order chi connectivity index (χ1) is 11.7. The van der Waals surface area contributed by atoms with E-state index in [1.54, 1.807) is 22.2 Å². The van der Waals surface area contributed by atoms with Crippen molar-refractivity contribution < 1.29 is 4.79 Å². The molecule has 4 heterocycles. The van der Waals surface area contributed by atoms with Crippen molar-refractivity contribution in [3.8, 4) is 0 Å². The molecule has 1 fully saturated rings. The Morgan fingerprint density at radius 3 is 2.92 bits per heavy atom. The minimum atomic E-state index is -0.257. The molecule has 3 aromatic heterocycles. The van der Waals surface area contributed by atoms with Crippen LogP contribution in [-0.2, 0) is 13.6 Å². The van der Waals surface area contributed by atoms with Gasteiger partial charge in [-0.2, -0.15) is 5.10 Å². The van der Waals surface area contributed by atoms with Crippen LogP contribution in [0, 0.1) is 0 Å². The lowest BCUT2D eigenvalue weighted by molar-refractivity contribution is 0.0941. The third-order valence-electron chi connectivity index (χ3n) is 4.18. The van der Waals surface area contributed by atoms with Crippen LogP contribution in [0.3, 0.4) is 0 Å². The van der Waals surface area contributed by atoms with Gasteiger partial charge in [0.25, 0.3) is 5.91 Å². The second-order valence-electron chi connectivity index (χ2n) is 5.83. The van der Waals surface area contributed by atoms with Gasteiger partial charge in [-0.15, -0.1) is 11.3 Å². The van der Waals surface area contributed by atoms with Crippen LogP contribution in [0.15, 0.2) is 23.7 Å². The van der Waals surface area contributed by atoms with E-state index >= 15 is 0 Å². The maximum Gasteiger partial charge on any atom is 0.289 e.